The topological polar surface area (TPSA) is 78.9 Å². The van der Waals surface area contributed by atoms with Crippen molar-refractivity contribution in [1.82, 2.24) is 0 Å². The summed E-state index contributed by atoms with van der Waals surface area (Å²) in [5.74, 6) is -0.906. The lowest BCUT2D eigenvalue weighted by atomic mass is 10.0. The van der Waals surface area contributed by atoms with Gasteiger partial charge in [0.05, 0.1) is 0 Å². The zero-order chi connectivity index (χ0) is 44.4. The molecule has 0 aromatic rings. The van der Waals surface area contributed by atoms with E-state index in [1.54, 1.807) is 0 Å². The van der Waals surface area contributed by atoms with Gasteiger partial charge in [-0.05, 0) is 57.8 Å². The van der Waals surface area contributed by atoms with Gasteiger partial charge in [0, 0.05) is 19.3 Å². The van der Waals surface area contributed by atoms with Crippen LogP contribution < -0.4 is 0 Å². The van der Waals surface area contributed by atoms with Crippen LogP contribution in [0.5, 0.6) is 0 Å². The SMILES string of the molecule is CCCCC/C=C\C/C=C\C/C=C\CCCCC(=O)OC[C@@H](COC(=O)CCCCCCCCCCCCCCC)OC(=O)CCCCCCCCCCCCCCCCC. The zero-order valence-corrected chi connectivity index (χ0v) is 40.7. The summed E-state index contributed by atoms with van der Waals surface area (Å²) in [7, 11) is 0. The summed E-state index contributed by atoms with van der Waals surface area (Å²) in [4.78, 5) is 38.0. The van der Waals surface area contributed by atoms with Gasteiger partial charge in [0.25, 0.3) is 0 Å². The molecule has 0 spiro atoms. The number of ether oxygens (including phenoxy) is 3. The average Bonchev–Trinajstić information content (AvgIpc) is 3.26. The average molecular weight is 857 g/mol. The van der Waals surface area contributed by atoms with Gasteiger partial charge < -0.3 is 14.2 Å². The van der Waals surface area contributed by atoms with Crippen molar-refractivity contribution in [2.75, 3.05) is 13.2 Å². The van der Waals surface area contributed by atoms with Crippen molar-refractivity contribution in [3.05, 3.63) is 36.5 Å². The first-order valence-corrected chi connectivity index (χ1v) is 26.5. The van der Waals surface area contributed by atoms with E-state index in [0.717, 1.165) is 70.6 Å². The largest absolute Gasteiger partial charge is 0.462 e. The fourth-order valence-electron chi connectivity index (χ4n) is 7.63. The molecular weight excluding hydrogens is 757 g/mol. The third-order valence-electron chi connectivity index (χ3n) is 11.6. The number of unbranched alkanes of at least 4 members (excludes halogenated alkanes) is 31. The maximum absolute atomic E-state index is 12.8. The molecule has 0 aromatic heterocycles. The fraction of sp³-hybridized carbons (Fsp3) is 0.836. The van der Waals surface area contributed by atoms with Crippen LogP contribution >= 0.6 is 0 Å². The van der Waals surface area contributed by atoms with E-state index in [2.05, 4.69) is 57.2 Å². The Labute approximate surface area is 378 Å². The first-order chi connectivity index (χ1) is 30.0. The molecule has 0 rings (SSSR count). The van der Waals surface area contributed by atoms with Crippen molar-refractivity contribution in [3.8, 4) is 0 Å². The molecule has 0 aliphatic heterocycles. The Kier molecular flexibility index (Phi) is 48.3. The van der Waals surface area contributed by atoms with Crippen molar-refractivity contribution in [2.45, 2.75) is 284 Å². The maximum atomic E-state index is 12.8. The van der Waals surface area contributed by atoms with E-state index in [4.69, 9.17) is 14.2 Å². The number of allylic oxidation sites excluding steroid dienone is 6. The Hall–Kier alpha value is -2.37. The van der Waals surface area contributed by atoms with E-state index in [9.17, 15) is 14.4 Å². The van der Waals surface area contributed by atoms with Crippen LogP contribution in [0.25, 0.3) is 0 Å². The molecule has 0 fully saturated rings. The molecule has 0 saturated carbocycles. The molecule has 0 radical (unpaired) electrons. The van der Waals surface area contributed by atoms with Crippen molar-refractivity contribution in [1.29, 1.82) is 0 Å². The molecule has 0 aliphatic carbocycles. The number of rotatable bonds is 48. The van der Waals surface area contributed by atoms with Gasteiger partial charge >= 0.3 is 17.9 Å². The molecule has 0 amide bonds. The molecule has 0 aliphatic rings. The summed E-state index contributed by atoms with van der Waals surface area (Å²) in [5.41, 5.74) is 0. The summed E-state index contributed by atoms with van der Waals surface area (Å²) in [6.45, 7) is 6.60. The first kappa shape index (κ1) is 58.6. The van der Waals surface area contributed by atoms with Crippen LogP contribution in [0.1, 0.15) is 278 Å². The Balaban J connectivity index is 4.40. The molecular formula is C55H100O6. The molecule has 0 bridgehead atoms. The lowest BCUT2D eigenvalue weighted by Crippen LogP contribution is -2.30. The number of hydrogen-bond donors (Lipinski definition) is 0. The van der Waals surface area contributed by atoms with E-state index in [0.29, 0.717) is 19.3 Å². The van der Waals surface area contributed by atoms with E-state index >= 15 is 0 Å². The van der Waals surface area contributed by atoms with Crippen LogP contribution in [0.2, 0.25) is 0 Å². The highest BCUT2D eigenvalue weighted by Crippen LogP contribution is 2.16. The molecule has 0 heterocycles. The number of carbonyl (C=O) groups is 3. The van der Waals surface area contributed by atoms with Crippen molar-refractivity contribution in [2.24, 2.45) is 0 Å². The van der Waals surface area contributed by atoms with Gasteiger partial charge in [-0.15, -0.1) is 0 Å². The van der Waals surface area contributed by atoms with Crippen molar-refractivity contribution >= 4 is 17.9 Å². The van der Waals surface area contributed by atoms with Crippen LogP contribution in [-0.2, 0) is 28.6 Å². The Morgan fingerprint density at radius 3 is 0.951 bits per heavy atom. The minimum Gasteiger partial charge on any atom is -0.462 e. The molecule has 6 heteroatoms. The molecule has 61 heavy (non-hydrogen) atoms. The molecule has 0 saturated heterocycles. The number of hydrogen-bond acceptors (Lipinski definition) is 6. The Morgan fingerprint density at radius 1 is 0.328 bits per heavy atom. The predicted molar refractivity (Wildman–Crippen MR) is 261 cm³/mol. The smallest absolute Gasteiger partial charge is 0.306 e. The fourth-order valence-corrected chi connectivity index (χ4v) is 7.63. The minimum atomic E-state index is -0.782. The summed E-state index contributed by atoms with van der Waals surface area (Å²) in [6, 6.07) is 0. The van der Waals surface area contributed by atoms with Gasteiger partial charge in [-0.3, -0.25) is 14.4 Å². The van der Waals surface area contributed by atoms with Crippen LogP contribution in [0.15, 0.2) is 36.5 Å². The standard InChI is InChI=1S/C55H100O6/c1-4-7-10-13-16-19-22-25-27-30-33-36-39-42-45-48-54(57)60-51-52(50-59-53(56)47-44-41-38-35-32-29-24-21-18-15-12-9-6-3)61-55(58)49-46-43-40-37-34-31-28-26-23-20-17-14-11-8-5-2/h16,19,25,27,33,36,52H,4-15,17-18,20-24,26,28-32,34-35,37-51H2,1-3H3/b19-16-,27-25-,36-33-/t52-/m1/s1. The summed E-state index contributed by atoms with van der Waals surface area (Å²) in [5, 5.41) is 0. The Bertz CT molecular complexity index is 1030. The highest BCUT2D eigenvalue weighted by atomic mass is 16.6. The number of carbonyl (C=O) groups excluding carboxylic acids is 3. The van der Waals surface area contributed by atoms with Crippen LogP contribution in [0, 0.1) is 0 Å². The molecule has 356 valence electrons. The molecule has 0 aromatic carbocycles. The van der Waals surface area contributed by atoms with Gasteiger partial charge in [-0.2, -0.15) is 0 Å². The van der Waals surface area contributed by atoms with E-state index in [1.165, 1.54) is 167 Å². The normalized spacial score (nSPS) is 12.2. The minimum absolute atomic E-state index is 0.0797. The van der Waals surface area contributed by atoms with Gasteiger partial charge in [0.15, 0.2) is 6.10 Å². The van der Waals surface area contributed by atoms with Crippen molar-refractivity contribution < 1.29 is 28.6 Å². The van der Waals surface area contributed by atoms with Gasteiger partial charge in [0.2, 0.25) is 0 Å². The van der Waals surface area contributed by atoms with Gasteiger partial charge in [-0.25, -0.2) is 0 Å². The summed E-state index contributed by atoms with van der Waals surface area (Å²) < 4.78 is 16.8. The highest BCUT2D eigenvalue weighted by Gasteiger charge is 2.19. The Morgan fingerprint density at radius 2 is 0.590 bits per heavy atom. The summed E-state index contributed by atoms with van der Waals surface area (Å²) in [6.07, 6.45) is 58.4. The lowest BCUT2D eigenvalue weighted by Gasteiger charge is -2.18. The lowest BCUT2D eigenvalue weighted by molar-refractivity contribution is -0.167. The monoisotopic (exact) mass is 857 g/mol. The van der Waals surface area contributed by atoms with Crippen LogP contribution in [-0.4, -0.2) is 37.2 Å². The number of esters is 3. The van der Waals surface area contributed by atoms with Gasteiger partial charge in [-0.1, -0.05) is 237 Å². The molecule has 1 atom stereocenters. The van der Waals surface area contributed by atoms with Crippen molar-refractivity contribution in [3.63, 3.8) is 0 Å². The maximum Gasteiger partial charge on any atom is 0.306 e. The third-order valence-corrected chi connectivity index (χ3v) is 11.6. The molecule has 0 unspecified atom stereocenters. The van der Waals surface area contributed by atoms with Gasteiger partial charge in [0.1, 0.15) is 13.2 Å². The second kappa shape index (κ2) is 50.3. The zero-order valence-electron chi connectivity index (χ0n) is 40.7. The summed E-state index contributed by atoms with van der Waals surface area (Å²) >= 11 is 0. The first-order valence-electron chi connectivity index (χ1n) is 26.5. The quantitative estimate of drug-likeness (QED) is 0.0262. The molecule has 6 nitrogen and oxygen atoms in total. The van der Waals surface area contributed by atoms with E-state index in [1.807, 2.05) is 0 Å². The van der Waals surface area contributed by atoms with Crippen LogP contribution in [0.4, 0.5) is 0 Å². The van der Waals surface area contributed by atoms with E-state index < -0.39 is 6.10 Å². The van der Waals surface area contributed by atoms with E-state index in [-0.39, 0.29) is 31.1 Å². The van der Waals surface area contributed by atoms with Crippen LogP contribution in [0.3, 0.4) is 0 Å². The second-order valence-electron chi connectivity index (χ2n) is 17.8. The highest BCUT2D eigenvalue weighted by molar-refractivity contribution is 5.71. The predicted octanol–water partition coefficient (Wildman–Crippen LogP) is 17.3. The molecule has 0 N–H and O–H groups in total. The third kappa shape index (κ3) is 48.5. The second-order valence-corrected chi connectivity index (χ2v) is 17.8.